The van der Waals surface area contributed by atoms with Crippen molar-refractivity contribution in [1.82, 2.24) is 4.31 Å². The second kappa shape index (κ2) is 6.48. The predicted molar refractivity (Wildman–Crippen MR) is 89.0 cm³/mol. The van der Waals surface area contributed by atoms with E-state index in [-0.39, 0.29) is 9.92 Å². The number of hydrogen-bond donors (Lipinski definition) is 0. The zero-order valence-corrected chi connectivity index (χ0v) is 14.8. The lowest BCUT2D eigenvalue weighted by Gasteiger charge is -2.18. The van der Waals surface area contributed by atoms with Crippen molar-refractivity contribution in [1.29, 1.82) is 0 Å². The topological polar surface area (TPSA) is 37.4 Å². The second-order valence-electron chi connectivity index (χ2n) is 4.82. The van der Waals surface area contributed by atoms with Crippen molar-refractivity contribution in [3.05, 3.63) is 63.1 Å². The molecule has 2 aromatic rings. The van der Waals surface area contributed by atoms with Crippen molar-refractivity contribution in [3.8, 4) is 0 Å². The van der Waals surface area contributed by atoms with E-state index in [9.17, 15) is 8.42 Å². The first-order valence-corrected chi connectivity index (χ1v) is 8.89. The zero-order chi connectivity index (χ0) is 15.6. The van der Waals surface area contributed by atoms with Gasteiger partial charge in [0.05, 0.1) is 5.02 Å². The summed E-state index contributed by atoms with van der Waals surface area (Å²) in [6.45, 7) is 2.29. The van der Waals surface area contributed by atoms with Crippen LogP contribution >= 0.6 is 27.5 Å². The van der Waals surface area contributed by atoms with Crippen molar-refractivity contribution < 1.29 is 8.42 Å². The third-order valence-corrected chi connectivity index (χ3v) is 5.89. The lowest BCUT2D eigenvalue weighted by atomic mass is 10.1. The van der Waals surface area contributed by atoms with Crippen LogP contribution in [0.15, 0.2) is 51.8 Å². The van der Waals surface area contributed by atoms with E-state index in [1.165, 1.54) is 10.4 Å². The minimum absolute atomic E-state index is 0.113. The number of nitrogens with zero attached hydrogens (tertiary/aromatic N) is 1. The van der Waals surface area contributed by atoms with Crippen molar-refractivity contribution in [2.45, 2.75) is 18.4 Å². The molecular formula is C15H15BrClNO2S. The third kappa shape index (κ3) is 3.86. The van der Waals surface area contributed by atoms with Crippen LogP contribution in [0.5, 0.6) is 0 Å². The summed E-state index contributed by atoms with van der Waals surface area (Å²) >= 11 is 9.31. The van der Waals surface area contributed by atoms with Gasteiger partial charge >= 0.3 is 0 Å². The molecule has 0 aliphatic heterocycles. The molecule has 0 unspecified atom stereocenters. The predicted octanol–water partition coefficient (Wildman–Crippen LogP) is 4.23. The van der Waals surface area contributed by atoms with Crippen molar-refractivity contribution >= 4 is 37.6 Å². The highest BCUT2D eigenvalue weighted by molar-refractivity contribution is 9.10. The van der Waals surface area contributed by atoms with Crippen molar-refractivity contribution in [2.24, 2.45) is 0 Å². The van der Waals surface area contributed by atoms with Crippen LogP contribution in [-0.4, -0.2) is 19.8 Å². The molecule has 2 rings (SSSR count). The molecule has 0 saturated heterocycles. The average molecular weight is 389 g/mol. The Hall–Kier alpha value is -0.880. The van der Waals surface area contributed by atoms with Crippen molar-refractivity contribution in [2.75, 3.05) is 7.05 Å². The van der Waals surface area contributed by atoms with Gasteiger partial charge in [-0.1, -0.05) is 57.4 Å². The Balaban J connectivity index is 2.28. The fourth-order valence-electron chi connectivity index (χ4n) is 1.89. The Kier molecular flexibility index (Phi) is 5.09. The quantitative estimate of drug-likeness (QED) is 0.786. The molecule has 0 aromatic heterocycles. The Morgan fingerprint density at radius 2 is 1.76 bits per heavy atom. The zero-order valence-electron chi connectivity index (χ0n) is 11.7. The van der Waals surface area contributed by atoms with Gasteiger partial charge in [-0.2, -0.15) is 4.31 Å². The Bertz CT molecular complexity index is 745. The molecule has 3 nitrogen and oxygen atoms in total. The van der Waals surface area contributed by atoms with Gasteiger partial charge in [0, 0.05) is 18.1 Å². The average Bonchev–Trinajstić information content (AvgIpc) is 2.40. The molecule has 0 heterocycles. The lowest BCUT2D eigenvalue weighted by molar-refractivity contribution is 0.467. The van der Waals surface area contributed by atoms with E-state index in [4.69, 9.17) is 11.6 Å². The van der Waals surface area contributed by atoms with Gasteiger partial charge in [-0.05, 0) is 30.7 Å². The molecule has 2 aromatic carbocycles. The summed E-state index contributed by atoms with van der Waals surface area (Å²) in [6.07, 6.45) is 0. The van der Waals surface area contributed by atoms with Crippen LogP contribution in [-0.2, 0) is 16.6 Å². The monoisotopic (exact) mass is 387 g/mol. The SMILES string of the molecule is Cc1ccc(CN(C)S(=O)(=O)c2ccc(Br)cc2Cl)cc1. The lowest BCUT2D eigenvalue weighted by Crippen LogP contribution is -2.26. The van der Waals surface area contributed by atoms with Crippen LogP contribution in [0.4, 0.5) is 0 Å². The summed E-state index contributed by atoms with van der Waals surface area (Å²) in [7, 11) is -2.07. The van der Waals surface area contributed by atoms with Gasteiger partial charge in [0.1, 0.15) is 4.90 Å². The highest BCUT2D eigenvalue weighted by Gasteiger charge is 2.23. The highest BCUT2D eigenvalue weighted by Crippen LogP contribution is 2.27. The second-order valence-corrected chi connectivity index (χ2v) is 8.16. The molecule has 0 saturated carbocycles. The summed E-state index contributed by atoms with van der Waals surface area (Å²) < 4.78 is 27.2. The van der Waals surface area contributed by atoms with E-state index in [1.54, 1.807) is 19.2 Å². The minimum atomic E-state index is -3.61. The maximum atomic E-state index is 12.6. The molecule has 0 atom stereocenters. The molecule has 112 valence electrons. The smallest absolute Gasteiger partial charge is 0.207 e. The van der Waals surface area contributed by atoms with E-state index in [0.717, 1.165) is 15.6 Å². The standard InChI is InChI=1S/C15H15BrClNO2S/c1-11-3-5-12(6-4-11)10-18(2)21(19,20)15-8-7-13(16)9-14(15)17/h3-9H,10H2,1-2H3. The van der Waals surface area contributed by atoms with E-state index < -0.39 is 10.0 Å². The van der Waals surface area contributed by atoms with Crippen LogP contribution in [0.1, 0.15) is 11.1 Å². The minimum Gasteiger partial charge on any atom is -0.207 e. The number of halogens is 2. The Morgan fingerprint density at radius 1 is 1.14 bits per heavy atom. The van der Waals surface area contributed by atoms with Crippen LogP contribution in [0.25, 0.3) is 0 Å². The first-order valence-electron chi connectivity index (χ1n) is 6.27. The molecule has 0 bridgehead atoms. The van der Waals surface area contributed by atoms with Crippen LogP contribution in [0.2, 0.25) is 5.02 Å². The van der Waals surface area contributed by atoms with E-state index in [2.05, 4.69) is 15.9 Å². The Morgan fingerprint density at radius 3 is 2.33 bits per heavy atom. The van der Waals surface area contributed by atoms with Gasteiger partial charge in [-0.25, -0.2) is 8.42 Å². The van der Waals surface area contributed by atoms with Gasteiger partial charge in [0.25, 0.3) is 0 Å². The van der Waals surface area contributed by atoms with Gasteiger partial charge in [0.2, 0.25) is 10.0 Å². The van der Waals surface area contributed by atoms with Gasteiger partial charge in [-0.15, -0.1) is 0 Å². The highest BCUT2D eigenvalue weighted by atomic mass is 79.9. The molecule has 0 radical (unpaired) electrons. The summed E-state index contributed by atoms with van der Waals surface area (Å²) in [5.74, 6) is 0. The first kappa shape index (κ1) is 16.5. The molecule has 0 aliphatic rings. The van der Waals surface area contributed by atoms with Gasteiger partial charge in [-0.3, -0.25) is 0 Å². The summed E-state index contributed by atoms with van der Waals surface area (Å²) in [5, 5.41) is 0.208. The molecule has 0 aliphatic carbocycles. The van der Waals surface area contributed by atoms with Gasteiger partial charge < -0.3 is 0 Å². The maximum absolute atomic E-state index is 12.6. The number of hydrogen-bond acceptors (Lipinski definition) is 2. The molecule has 0 amide bonds. The summed E-state index contributed by atoms with van der Waals surface area (Å²) in [5.41, 5.74) is 2.07. The fourth-order valence-corrected chi connectivity index (χ4v) is 4.05. The van der Waals surface area contributed by atoms with Crippen LogP contribution in [0.3, 0.4) is 0 Å². The number of benzene rings is 2. The first-order chi connectivity index (χ1) is 9.80. The number of aryl methyl sites for hydroxylation is 1. The summed E-state index contributed by atoms with van der Waals surface area (Å²) in [4.78, 5) is 0.113. The Labute approximate surface area is 138 Å². The maximum Gasteiger partial charge on any atom is 0.244 e. The summed E-state index contributed by atoms with van der Waals surface area (Å²) in [6, 6.07) is 12.5. The molecule has 0 spiro atoms. The van der Waals surface area contributed by atoms with Crippen molar-refractivity contribution in [3.63, 3.8) is 0 Å². The third-order valence-electron chi connectivity index (χ3n) is 3.11. The van der Waals surface area contributed by atoms with Crippen LogP contribution < -0.4 is 0 Å². The number of sulfonamides is 1. The van der Waals surface area contributed by atoms with Crippen LogP contribution in [0, 0.1) is 6.92 Å². The molecule has 6 heteroatoms. The molecule has 0 fully saturated rings. The molecule has 21 heavy (non-hydrogen) atoms. The fraction of sp³-hybridized carbons (Fsp3) is 0.200. The normalized spacial score (nSPS) is 11.9. The molecule has 0 N–H and O–H groups in total. The van der Waals surface area contributed by atoms with Gasteiger partial charge in [0.15, 0.2) is 0 Å². The van der Waals surface area contributed by atoms with E-state index >= 15 is 0 Å². The largest absolute Gasteiger partial charge is 0.244 e. The molecular weight excluding hydrogens is 374 g/mol. The van der Waals surface area contributed by atoms with E-state index in [0.29, 0.717) is 6.54 Å². The van der Waals surface area contributed by atoms with E-state index in [1.807, 2.05) is 31.2 Å². The number of rotatable bonds is 4.